The third-order valence-electron chi connectivity index (χ3n) is 2.49. The molecule has 0 amide bonds. The van der Waals surface area contributed by atoms with Crippen molar-refractivity contribution in [3.63, 3.8) is 0 Å². The van der Waals surface area contributed by atoms with E-state index >= 15 is 0 Å². The van der Waals surface area contributed by atoms with Gasteiger partial charge in [-0.1, -0.05) is 31.9 Å². The minimum absolute atomic E-state index is 0.0216. The van der Waals surface area contributed by atoms with Gasteiger partial charge in [0.25, 0.3) is 0 Å². The van der Waals surface area contributed by atoms with Crippen molar-refractivity contribution >= 4 is 6.29 Å². The van der Waals surface area contributed by atoms with Gasteiger partial charge in [-0.05, 0) is 25.7 Å². The molecule has 1 rings (SSSR count). The summed E-state index contributed by atoms with van der Waals surface area (Å²) in [4.78, 5) is 10.6. The summed E-state index contributed by atoms with van der Waals surface area (Å²) in [5.41, 5.74) is -0.0216. The largest absolute Gasteiger partial charge is 0.302 e. The van der Waals surface area contributed by atoms with E-state index in [2.05, 4.69) is 19.1 Å². The van der Waals surface area contributed by atoms with Crippen LogP contribution in [-0.2, 0) is 4.79 Å². The fourth-order valence-electron chi connectivity index (χ4n) is 1.30. The molecule has 0 aromatic carbocycles. The molecule has 1 saturated carbocycles. The minimum atomic E-state index is -0.0216. The molecule has 0 radical (unpaired) electrons. The van der Waals surface area contributed by atoms with E-state index in [1.165, 1.54) is 19.3 Å². The number of aldehydes is 1. The normalized spacial score (nSPS) is 19.8. The van der Waals surface area contributed by atoms with E-state index in [0.29, 0.717) is 0 Å². The smallest absolute Gasteiger partial charge is 0.129 e. The third kappa shape index (κ3) is 2.80. The summed E-state index contributed by atoms with van der Waals surface area (Å²) < 4.78 is 0. The molecule has 1 fully saturated rings. The van der Waals surface area contributed by atoms with Crippen LogP contribution in [0.25, 0.3) is 0 Å². The van der Waals surface area contributed by atoms with Gasteiger partial charge in [0.15, 0.2) is 0 Å². The molecule has 0 bridgehead atoms. The summed E-state index contributed by atoms with van der Waals surface area (Å²) >= 11 is 0. The zero-order valence-corrected chi connectivity index (χ0v) is 7.88. The van der Waals surface area contributed by atoms with Crippen molar-refractivity contribution in [3.8, 4) is 0 Å². The Morgan fingerprint density at radius 3 is 2.58 bits per heavy atom. The molecule has 0 aliphatic heterocycles. The molecule has 12 heavy (non-hydrogen) atoms. The van der Waals surface area contributed by atoms with Gasteiger partial charge in [0, 0.05) is 5.41 Å². The highest BCUT2D eigenvalue weighted by atomic mass is 16.1. The Balaban J connectivity index is 2.09. The molecule has 0 N–H and O–H groups in total. The molecular weight excluding hydrogens is 148 g/mol. The van der Waals surface area contributed by atoms with E-state index in [9.17, 15) is 4.79 Å². The second-order valence-corrected chi connectivity index (χ2v) is 3.75. The average Bonchev–Trinajstić information content (AvgIpc) is 2.85. The maximum Gasteiger partial charge on any atom is 0.129 e. The molecule has 0 spiro atoms. The third-order valence-corrected chi connectivity index (χ3v) is 2.49. The standard InChI is InChI=1S/C11H18O/c1-2-3-4-5-6-7-11(10-12)8-9-11/h6-7,10H,2-5,8-9H2,1H3/b7-6-. The van der Waals surface area contributed by atoms with Gasteiger partial charge in [0.1, 0.15) is 6.29 Å². The van der Waals surface area contributed by atoms with Crippen molar-refractivity contribution in [3.05, 3.63) is 12.2 Å². The number of hydrogen-bond acceptors (Lipinski definition) is 1. The van der Waals surface area contributed by atoms with Crippen molar-refractivity contribution in [2.75, 3.05) is 0 Å². The molecule has 68 valence electrons. The first kappa shape index (κ1) is 9.50. The number of unbranched alkanes of at least 4 members (excludes halogenated alkanes) is 3. The lowest BCUT2D eigenvalue weighted by Gasteiger charge is -1.96. The van der Waals surface area contributed by atoms with Crippen LogP contribution < -0.4 is 0 Å². The molecular formula is C11H18O. The van der Waals surface area contributed by atoms with Crippen LogP contribution in [-0.4, -0.2) is 6.29 Å². The van der Waals surface area contributed by atoms with Crippen molar-refractivity contribution in [1.82, 2.24) is 0 Å². The van der Waals surface area contributed by atoms with Crippen molar-refractivity contribution in [1.29, 1.82) is 0 Å². The summed E-state index contributed by atoms with van der Waals surface area (Å²) in [6.07, 6.45) is 12.5. The Hall–Kier alpha value is -0.590. The van der Waals surface area contributed by atoms with Crippen LogP contribution in [0.15, 0.2) is 12.2 Å². The maximum atomic E-state index is 10.6. The van der Waals surface area contributed by atoms with Gasteiger partial charge in [0.2, 0.25) is 0 Å². The Labute approximate surface area is 74.9 Å². The van der Waals surface area contributed by atoms with Crippen molar-refractivity contribution in [2.24, 2.45) is 5.41 Å². The molecule has 0 aromatic rings. The van der Waals surface area contributed by atoms with Crippen LogP contribution in [0.3, 0.4) is 0 Å². The molecule has 0 heterocycles. The first-order chi connectivity index (χ1) is 5.83. The van der Waals surface area contributed by atoms with Crippen LogP contribution in [0.1, 0.15) is 45.4 Å². The van der Waals surface area contributed by atoms with E-state index in [0.717, 1.165) is 25.5 Å². The Morgan fingerprint density at radius 2 is 2.08 bits per heavy atom. The molecule has 0 aromatic heterocycles. The zero-order valence-electron chi connectivity index (χ0n) is 7.88. The number of allylic oxidation sites excluding steroid dienone is 2. The Kier molecular flexibility index (Phi) is 3.51. The SMILES string of the molecule is CCCCC/C=C\C1(C=O)CC1. The highest BCUT2D eigenvalue weighted by Crippen LogP contribution is 2.44. The molecule has 1 nitrogen and oxygen atoms in total. The topological polar surface area (TPSA) is 17.1 Å². The van der Waals surface area contributed by atoms with E-state index in [4.69, 9.17) is 0 Å². The quantitative estimate of drug-likeness (QED) is 0.336. The molecule has 0 unspecified atom stereocenters. The Bertz CT molecular complexity index is 166. The molecule has 0 atom stereocenters. The molecule has 0 saturated heterocycles. The van der Waals surface area contributed by atoms with E-state index in [1.807, 2.05) is 0 Å². The van der Waals surface area contributed by atoms with E-state index in [-0.39, 0.29) is 5.41 Å². The van der Waals surface area contributed by atoms with E-state index in [1.54, 1.807) is 0 Å². The molecule has 1 aliphatic rings. The average molecular weight is 166 g/mol. The fraction of sp³-hybridized carbons (Fsp3) is 0.727. The predicted molar refractivity (Wildman–Crippen MR) is 51.0 cm³/mol. The van der Waals surface area contributed by atoms with E-state index < -0.39 is 0 Å². The number of carbonyl (C=O) groups is 1. The summed E-state index contributed by atoms with van der Waals surface area (Å²) in [5.74, 6) is 0. The minimum Gasteiger partial charge on any atom is -0.302 e. The zero-order chi connectivity index (χ0) is 8.86. The second kappa shape index (κ2) is 4.44. The van der Waals surface area contributed by atoms with Gasteiger partial charge in [-0.2, -0.15) is 0 Å². The fourth-order valence-corrected chi connectivity index (χ4v) is 1.30. The second-order valence-electron chi connectivity index (χ2n) is 3.75. The molecule has 1 aliphatic carbocycles. The van der Waals surface area contributed by atoms with Gasteiger partial charge in [-0.3, -0.25) is 0 Å². The highest BCUT2D eigenvalue weighted by molar-refractivity contribution is 5.66. The van der Waals surface area contributed by atoms with Gasteiger partial charge in [-0.25, -0.2) is 0 Å². The summed E-state index contributed by atoms with van der Waals surface area (Å²) in [5, 5.41) is 0. The first-order valence-corrected chi connectivity index (χ1v) is 4.97. The van der Waals surface area contributed by atoms with Crippen LogP contribution in [0.2, 0.25) is 0 Å². The number of rotatable bonds is 6. The van der Waals surface area contributed by atoms with Gasteiger partial charge < -0.3 is 4.79 Å². The van der Waals surface area contributed by atoms with Gasteiger partial charge >= 0.3 is 0 Å². The highest BCUT2D eigenvalue weighted by Gasteiger charge is 2.39. The summed E-state index contributed by atoms with van der Waals surface area (Å²) in [6.45, 7) is 2.21. The Morgan fingerprint density at radius 1 is 1.33 bits per heavy atom. The predicted octanol–water partition coefficient (Wildman–Crippen LogP) is 3.10. The van der Waals surface area contributed by atoms with Crippen LogP contribution in [0.5, 0.6) is 0 Å². The maximum absolute atomic E-state index is 10.6. The summed E-state index contributed by atoms with van der Waals surface area (Å²) in [6, 6.07) is 0. The number of carbonyl (C=O) groups excluding carboxylic acids is 1. The molecule has 1 heteroatoms. The van der Waals surface area contributed by atoms with Crippen molar-refractivity contribution in [2.45, 2.75) is 45.4 Å². The van der Waals surface area contributed by atoms with Crippen LogP contribution in [0.4, 0.5) is 0 Å². The van der Waals surface area contributed by atoms with Crippen LogP contribution >= 0.6 is 0 Å². The monoisotopic (exact) mass is 166 g/mol. The lowest BCUT2D eigenvalue weighted by molar-refractivity contribution is -0.110. The summed E-state index contributed by atoms with van der Waals surface area (Å²) in [7, 11) is 0. The van der Waals surface area contributed by atoms with Gasteiger partial charge in [0.05, 0.1) is 0 Å². The lowest BCUT2D eigenvalue weighted by atomic mass is 10.1. The number of hydrogen-bond donors (Lipinski definition) is 0. The van der Waals surface area contributed by atoms with Crippen LogP contribution in [0, 0.1) is 5.41 Å². The first-order valence-electron chi connectivity index (χ1n) is 4.97. The van der Waals surface area contributed by atoms with Crippen molar-refractivity contribution < 1.29 is 4.79 Å². The van der Waals surface area contributed by atoms with Gasteiger partial charge in [-0.15, -0.1) is 0 Å². The lowest BCUT2D eigenvalue weighted by Crippen LogP contribution is -1.94.